The van der Waals surface area contributed by atoms with Crippen molar-refractivity contribution >= 4 is 0 Å². The summed E-state index contributed by atoms with van der Waals surface area (Å²) in [5, 5.41) is 15.0. The lowest BCUT2D eigenvalue weighted by molar-refractivity contribution is 0.134. The number of pyridine rings is 1. The fourth-order valence-electron chi connectivity index (χ4n) is 3.07. The molecule has 4 heteroatoms. The maximum Gasteiger partial charge on any atom is 0.0904 e. The van der Waals surface area contributed by atoms with Gasteiger partial charge in [0.2, 0.25) is 0 Å². The average molecular weight is 271 g/mol. The Labute approximate surface area is 119 Å². The van der Waals surface area contributed by atoms with Crippen LogP contribution in [0.5, 0.6) is 0 Å². The summed E-state index contributed by atoms with van der Waals surface area (Å²) >= 11 is 0. The molecule has 0 aromatic carbocycles. The molecule has 0 spiro atoms. The largest absolute Gasteiger partial charge is 0.388 e. The van der Waals surface area contributed by atoms with Crippen molar-refractivity contribution in [1.29, 1.82) is 0 Å². The summed E-state index contributed by atoms with van der Waals surface area (Å²) in [7, 11) is 0. The third kappa shape index (κ3) is 2.48. The Morgan fingerprint density at radius 3 is 3.25 bits per heavy atom. The second-order valence-corrected chi connectivity index (χ2v) is 5.53. The number of rotatable bonds is 4. The van der Waals surface area contributed by atoms with Gasteiger partial charge in [0, 0.05) is 36.1 Å². The molecule has 1 aliphatic carbocycles. The van der Waals surface area contributed by atoms with Gasteiger partial charge in [0.1, 0.15) is 0 Å². The Kier molecular flexibility index (Phi) is 3.83. The van der Waals surface area contributed by atoms with Gasteiger partial charge in [0.15, 0.2) is 0 Å². The fraction of sp³-hybridized carbons (Fsp3) is 0.500. The standard InChI is InChI=1S/C16H21N3O/c1-2-9-19-11-13(10-18-19)16(20)14-7-3-5-12-6-4-8-17-15(12)14/h4,6,8,10-11,14,16,20H,2-3,5,7,9H2,1H3. The summed E-state index contributed by atoms with van der Waals surface area (Å²) in [6, 6.07) is 4.11. The number of hydrogen-bond donors (Lipinski definition) is 1. The van der Waals surface area contributed by atoms with Gasteiger partial charge >= 0.3 is 0 Å². The first-order valence-corrected chi connectivity index (χ1v) is 7.43. The molecule has 0 aliphatic heterocycles. The van der Waals surface area contributed by atoms with Crippen LogP contribution in [0.15, 0.2) is 30.7 Å². The maximum absolute atomic E-state index is 10.7. The molecule has 2 aromatic rings. The molecule has 3 rings (SSSR count). The highest BCUT2D eigenvalue weighted by molar-refractivity contribution is 5.29. The van der Waals surface area contributed by atoms with E-state index < -0.39 is 6.10 Å². The second-order valence-electron chi connectivity index (χ2n) is 5.53. The fourth-order valence-corrected chi connectivity index (χ4v) is 3.07. The number of aliphatic hydroxyl groups is 1. The zero-order valence-corrected chi connectivity index (χ0v) is 11.9. The van der Waals surface area contributed by atoms with Crippen LogP contribution < -0.4 is 0 Å². The van der Waals surface area contributed by atoms with Gasteiger partial charge in [0.25, 0.3) is 0 Å². The predicted molar refractivity (Wildman–Crippen MR) is 77.4 cm³/mol. The molecule has 1 aliphatic rings. The summed E-state index contributed by atoms with van der Waals surface area (Å²) in [6.07, 6.45) is 9.29. The van der Waals surface area contributed by atoms with E-state index in [1.165, 1.54) is 5.56 Å². The minimum atomic E-state index is -0.505. The van der Waals surface area contributed by atoms with Gasteiger partial charge in [-0.05, 0) is 37.3 Å². The number of nitrogens with zero attached hydrogens (tertiary/aromatic N) is 3. The molecule has 2 atom stereocenters. The van der Waals surface area contributed by atoms with Crippen molar-refractivity contribution in [2.24, 2.45) is 0 Å². The zero-order valence-electron chi connectivity index (χ0n) is 11.9. The quantitative estimate of drug-likeness (QED) is 0.930. The predicted octanol–water partition coefficient (Wildman–Crippen LogP) is 2.84. The lowest BCUT2D eigenvalue weighted by atomic mass is 9.81. The van der Waals surface area contributed by atoms with E-state index in [4.69, 9.17) is 0 Å². The first-order chi connectivity index (χ1) is 9.79. The molecule has 0 bridgehead atoms. The Bertz CT molecular complexity index is 579. The van der Waals surface area contributed by atoms with Crippen molar-refractivity contribution in [2.75, 3.05) is 0 Å². The smallest absolute Gasteiger partial charge is 0.0904 e. The van der Waals surface area contributed by atoms with Crippen LogP contribution in [0.1, 0.15) is 55.0 Å². The minimum absolute atomic E-state index is 0.0965. The van der Waals surface area contributed by atoms with Gasteiger partial charge in [-0.1, -0.05) is 13.0 Å². The summed E-state index contributed by atoms with van der Waals surface area (Å²) in [6.45, 7) is 3.02. The van der Waals surface area contributed by atoms with Crippen LogP contribution in [0.4, 0.5) is 0 Å². The van der Waals surface area contributed by atoms with E-state index in [0.29, 0.717) is 0 Å². The van der Waals surface area contributed by atoms with E-state index in [-0.39, 0.29) is 5.92 Å². The highest BCUT2D eigenvalue weighted by Crippen LogP contribution is 2.38. The Morgan fingerprint density at radius 2 is 2.40 bits per heavy atom. The number of aryl methyl sites for hydroxylation is 2. The molecule has 1 N–H and O–H groups in total. The van der Waals surface area contributed by atoms with Gasteiger partial charge in [-0.15, -0.1) is 0 Å². The van der Waals surface area contributed by atoms with Crippen molar-refractivity contribution in [3.63, 3.8) is 0 Å². The molecule has 0 radical (unpaired) electrons. The number of aliphatic hydroxyl groups excluding tert-OH is 1. The first-order valence-electron chi connectivity index (χ1n) is 7.43. The van der Waals surface area contributed by atoms with E-state index in [0.717, 1.165) is 43.5 Å². The van der Waals surface area contributed by atoms with Gasteiger partial charge in [0.05, 0.1) is 12.3 Å². The van der Waals surface area contributed by atoms with Crippen LogP contribution in [0.25, 0.3) is 0 Å². The Balaban J connectivity index is 1.85. The van der Waals surface area contributed by atoms with Crippen LogP contribution >= 0.6 is 0 Å². The van der Waals surface area contributed by atoms with E-state index in [9.17, 15) is 5.11 Å². The minimum Gasteiger partial charge on any atom is -0.388 e. The average Bonchev–Trinajstić information content (AvgIpc) is 2.95. The van der Waals surface area contributed by atoms with Gasteiger partial charge < -0.3 is 5.11 Å². The molecule has 0 amide bonds. The lowest BCUT2D eigenvalue weighted by Crippen LogP contribution is -2.18. The van der Waals surface area contributed by atoms with Gasteiger partial charge in [-0.2, -0.15) is 5.10 Å². The van der Waals surface area contributed by atoms with Crippen LogP contribution in [-0.2, 0) is 13.0 Å². The van der Waals surface area contributed by atoms with Crippen molar-refractivity contribution in [2.45, 2.75) is 51.2 Å². The third-order valence-corrected chi connectivity index (χ3v) is 4.07. The Morgan fingerprint density at radius 1 is 1.50 bits per heavy atom. The third-order valence-electron chi connectivity index (χ3n) is 4.07. The lowest BCUT2D eigenvalue weighted by Gasteiger charge is -2.27. The van der Waals surface area contributed by atoms with Crippen molar-refractivity contribution < 1.29 is 5.11 Å². The number of hydrogen-bond acceptors (Lipinski definition) is 3. The van der Waals surface area contributed by atoms with E-state index in [1.54, 1.807) is 6.20 Å². The zero-order chi connectivity index (χ0) is 13.9. The molecule has 2 unspecified atom stereocenters. The summed E-state index contributed by atoms with van der Waals surface area (Å²) in [4.78, 5) is 4.50. The normalized spacial score (nSPS) is 19.6. The number of aromatic nitrogens is 3. The topological polar surface area (TPSA) is 50.9 Å². The van der Waals surface area contributed by atoms with Gasteiger partial charge in [-0.3, -0.25) is 9.67 Å². The molecular weight excluding hydrogens is 250 g/mol. The second kappa shape index (κ2) is 5.75. The van der Waals surface area contributed by atoms with E-state index >= 15 is 0 Å². The van der Waals surface area contributed by atoms with Gasteiger partial charge in [-0.25, -0.2) is 0 Å². The molecule has 106 valence electrons. The molecular formula is C16H21N3O. The molecule has 2 aromatic heterocycles. The van der Waals surface area contributed by atoms with Crippen molar-refractivity contribution in [3.8, 4) is 0 Å². The highest BCUT2D eigenvalue weighted by Gasteiger charge is 2.29. The SMILES string of the molecule is CCCn1cc(C(O)C2CCCc3cccnc32)cn1. The maximum atomic E-state index is 10.7. The van der Waals surface area contributed by atoms with Crippen LogP contribution in [0, 0.1) is 0 Å². The first kappa shape index (κ1) is 13.3. The molecule has 4 nitrogen and oxygen atoms in total. The molecule has 0 saturated carbocycles. The van der Waals surface area contributed by atoms with Crippen LogP contribution in [-0.4, -0.2) is 19.9 Å². The Hall–Kier alpha value is -1.68. The molecule has 0 saturated heterocycles. The number of fused-ring (bicyclic) bond motifs is 1. The summed E-state index contributed by atoms with van der Waals surface area (Å²) in [5.74, 6) is 0.0965. The van der Waals surface area contributed by atoms with Crippen molar-refractivity contribution in [1.82, 2.24) is 14.8 Å². The summed E-state index contributed by atoms with van der Waals surface area (Å²) in [5.41, 5.74) is 3.25. The summed E-state index contributed by atoms with van der Waals surface area (Å²) < 4.78 is 1.90. The van der Waals surface area contributed by atoms with Crippen molar-refractivity contribution in [3.05, 3.63) is 47.5 Å². The van der Waals surface area contributed by atoms with Crippen LogP contribution in [0.3, 0.4) is 0 Å². The monoisotopic (exact) mass is 271 g/mol. The molecule has 2 heterocycles. The highest BCUT2D eigenvalue weighted by atomic mass is 16.3. The van der Waals surface area contributed by atoms with E-state index in [2.05, 4.69) is 23.1 Å². The van der Waals surface area contributed by atoms with Crippen LogP contribution in [0.2, 0.25) is 0 Å². The van der Waals surface area contributed by atoms with E-state index in [1.807, 2.05) is 23.1 Å². The molecule has 0 fully saturated rings. The molecule has 20 heavy (non-hydrogen) atoms.